The normalized spacial score (nSPS) is 13.8. The second-order valence-electron chi connectivity index (χ2n) is 8.71. The minimum atomic E-state index is -1.14. The number of imidazole rings is 1. The predicted molar refractivity (Wildman–Crippen MR) is 135 cm³/mol. The van der Waals surface area contributed by atoms with Gasteiger partial charge in [-0.2, -0.15) is 4.39 Å². The molecule has 38 heavy (non-hydrogen) atoms. The fraction of sp³-hybridized carbons (Fsp3) is 0.308. The van der Waals surface area contributed by atoms with Crippen LogP contribution in [-0.2, 0) is 16.6 Å². The van der Waals surface area contributed by atoms with Gasteiger partial charge < -0.3 is 24.3 Å². The van der Waals surface area contributed by atoms with Gasteiger partial charge in [-0.15, -0.1) is 0 Å². The van der Waals surface area contributed by atoms with Gasteiger partial charge in [0.25, 0.3) is 11.8 Å². The van der Waals surface area contributed by atoms with Crippen molar-refractivity contribution in [2.45, 2.75) is 12.8 Å². The van der Waals surface area contributed by atoms with Crippen molar-refractivity contribution in [1.29, 1.82) is 0 Å². The van der Waals surface area contributed by atoms with Gasteiger partial charge in [0.2, 0.25) is 5.82 Å². The van der Waals surface area contributed by atoms with Crippen LogP contribution in [0.25, 0.3) is 11.3 Å². The molecule has 200 valence electrons. The van der Waals surface area contributed by atoms with E-state index in [0.717, 1.165) is 0 Å². The van der Waals surface area contributed by atoms with Crippen molar-refractivity contribution in [3.05, 3.63) is 64.6 Å². The topological polar surface area (TPSA) is 103 Å². The molecule has 2 aromatic carbocycles. The number of anilines is 1. The Bertz CT molecular complexity index is 1400. The minimum Gasteiger partial charge on any atom is -0.494 e. The van der Waals surface area contributed by atoms with Crippen molar-refractivity contribution >= 4 is 35.1 Å². The second kappa shape index (κ2) is 11.2. The molecule has 1 fully saturated rings. The van der Waals surface area contributed by atoms with E-state index in [1.165, 1.54) is 62.4 Å². The van der Waals surface area contributed by atoms with Crippen molar-refractivity contribution in [2.24, 2.45) is 13.0 Å². The van der Waals surface area contributed by atoms with Gasteiger partial charge in [0.15, 0.2) is 17.4 Å². The number of carbonyl (C=O) groups excluding carboxylic acids is 3. The molecule has 1 aromatic heterocycles. The van der Waals surface area contributed by atoms with Gasteiger partial charge in [-0.3, -0.25) is 14.4 Å². The molecule has 9 nitrogen and oxygen atoms in total. The molecule has 0 radical (unpaired) electrons. The summed E-state index contributed by atoms with van der Waals surface area (Å²) in [4.78, 5) is 43.2. The third-order valence-corrected chi connectivity index (χ3v) is 6.82. The zero-order chi connectivity index (χ0) is 27.6. The molecular weight excluding hydrogens is 522 g/mol. The third-order valence-electron chi connectivity index (χ3n) is 6.51. The van der Waals surface area contributed by atoms with Crippen LogP contribution in [0.3, 0.4) is 0 Å². The number of hydrogen-bond acceptors (Lipinski definition) is 6. The number of nitrogens with one attached hydrogen (secondary N) is 1. The zero-order valence-electron chi connectivity index (χ0n) is 20.9. The molecule has 1 aliphatic rings. The molecule has 1 saturated heterocycles. The van der Waals surface area contributed by atoms with Crippen molar-refractivity contribution in [1.82, 2.24) is 14.5 Å². The van der Waals surface area contributed by atoms with Crippen molar-refractivity contribution in [3.63, 3.8) is 0 Å². The number of rotatable bonds is 6. The fourth-order valence-corrected chi connectivity index (χ4v) is 4.63. The third kappa shape index (κ3) is 5.19. The van der Waals surface area contributed by atoms with Crippen molar-refractivity contribution in [2.75, 3.05) is 32.6 Å². The molecule has 2 amide bonds. The number of nitrogens with zero attached hydrogens (tertiary/aromatic N) is 3. The number of halogens is 3. The number of hydrogen-bond donors (Lipinski definition) is 1. The number of piperidine rings is 1. The number of benzene rings is 2. The number of carbonyl (C=O) groups is 3. The van der Waals surface area contributed by atoms with Crippen molar-refractivity contribution < 1.29 is 32.6 Å². The molecule has 0 spiro atoms. The van der Waals surface area contributed by atoms with E-state index in [4.69, 9.17) is 21.1 Å². The number of ether oxygens (including phenoxy) is 2. The second-order valence-corrected chi connectivity index (χ2v) is 9.11. The molecule has 1 N–H and O–H groups in total. The number of methoxy groups -OCH3 is 2. The maximum Gasteiger partial charge on any atom is 0.308 e. The standard InChI is InChI=1S/C26H25ClF2N4O5/c1-32-19(17-6-7-20(37-2)22(29)21(17)28)13-30-23(32)24(34)31-15-4-5-16(18(27)12-15)25(35)33-10-8-14(9-11-33)26(36)38-3/h4-7,12-14H,8-11H2,1-3H3,(H,31,34). The first kappa shape index (κ1) is 27.1. The number of aromatic nitrogens is 2. The highest BCUT2D eigenvalue weighted by Gasteiger charge is 2.29. The van der Waals surface area contributed by atoms with E-state index < -0.39 is 17.5 Å². The summed E-state index contributed by atoms with van der Waals surface area (Å²) in [6, 6.07) is 7.10. The lowest BCUT2D eigenvalue weighted by atomic mass is 9.96. The summed E-state index contributed by atoms with van der Waals surface area (Å²) in [5, 5.41) is 2.79. The van der Waals surface area contributed by atoms with Crippen LogP contribution in [0, 0.1) is 17.6 Å². The van der Waals surface area contributed by atoms with Gasteiger partial charge in [-0.1, -0.05) is 11.6 Å². The van der Waals surface area contributed by atoms with Gasteiger partial charge in [0, 0.05) is 31.4 Å². The van der Waals surface area contributed by atoms with E-state index in [2.05, 4.69) is 10.3 Å². The Morgan fingerprint density at radius 3 is 2.42 bits per heavy atom. The van der Waals surface area contributed by atoms with E-state index in [1.54, 1.807) is 4.90 Å². The van der Waals surface area contributed by atoms with Gasteiger partial charge in [0.05, 0.1) is 42.6 Å². The Labute approximate surface area is 222 Å². The molecule has 0 aliphatic carbocycles. The lowest BCUT2D eigenvalue weighted by molar-refractivity contribution is -0.146. The van der Waals surface area contributed by atoms with Crippen LogP contribution < -0.4 is 10.1 Å². The SMILES string of the molecule is COC(=O)C1CCN(C(=O)c2ccc(NC(=O)c3ncc(-c4ccc(OC)c(F)c4F)n3C)cc2Cl)CC1. The Hall–Kier alpha value is -3.99. The lowest BCUT2D eigenvalue weighted by Crippen LogP contribution is -2.40. The van der Waals surface area contributed by atoms with Crippen LogP contribution in [0.15, 0.2) is 36.5 Å². The molecule has 0 saturated carbocycles. The van der Waals surface area contributed by atoms with E-state index in [-0.39, 0.29) is 51.2 Å². The molecule has 4 rings (SSSR count). The van der Waals surface area contributed by atoms with Gasteiger partial charge >= 0.3 is 5.97 Å². The Morgan fingerprint density at radius 1 is 1.08 bits per heavy atom. The summed E-state index contributed by atoms with van der Waals surface area (Å²) in [7, 11) is 4.07. The maximum atomic E-state index is 14.6. The first-order valence-electron chi connectivity index (χ1n) is 11.7. The Balaban J connectivity index is 1.46. The molecule has 3 aromatic rings. The average Bonchev–Trinajstić information content (AvgIpc) is 3.30. The van der Waals surface area contributed by atoms with E-state index in [0.29, 0.717) is 31.6 Å². The molecule has 0 unspecified atom stereocenters. The van der Waals surface area contributed by atoms with Crippen LogP contribution >= 0.6 is 11.6 Å². The van der Waals surface area contributed by atoms with E-state index in [9.17, 15) is 23.2 Å². The van der Waals surface area contributed by atoms with Crippen LogP contribution in [-0.4, -0.2) is 59.5 Å². The first-order chi connectivity index (χ1) is 18.2. The zero-order valence-corrected chi connectivity index (χ0v) is 21.6. The summed E-state index contributed by atoms with van der Waals surface area (Å²) < 4.78 is 39.6. The summed E-state index contributed by atoms with van der Waals surface area (Å²) in [5.41, 5.74) is 0.674. The Kier molecular flexibility index (Phi) is 7.96. The van der Waals surface area contributed by atoms with Gasteiger partial charge in [-0.05, 0) is 43.2 Å². The van der Waals surface area contributed by atoms with E-state index >= 15 is 0 Å². The molecule has 0 atom stereocenters. The van der Waals surface area contributed by atoms with Gasteiger partial charge in [0.1, 0.15) is 0 Å². The molecule has 2 heterocycles. The van der Waals surface area contributed by atoms with E-state index in [1.807, 2.05) is 0 Å². The van der Waals surface area contributed by atoms with Gasteiger partial charge in [-0.25, -0.2) is 9.37 Å². The van der Waals surface area contributed by atoms with Crippen molar-refractivity contribution in [3.8, 4) is 17.0 Å². The number of esters is 1. The maximum absolute atomic E-state index is 14.6. The highest BCUT2D eigenvalue weighted by atomic mass is 35.5. The summed E-state index contributed by atoms with van der Waals surface area (Å²) in [6.07, 6.45) is 2.27. The number of likely N-dealkylation sites (tertiary alicyclic amines) is 1. The highest BCUT2D eigenvalue weighted by molar-refractivity contribution is 6.34. The quantitative estimate of drug-likeness (QED) is 0.462. The highest BCUT2D eigenvalue weighted by Crippen LogP contribution is 2.30. The average molecular weight is 547 g/mol. The molecule has 0 bridgehead atoms. The lowest BCUT2D eigenvalue weighted by Gasteiger charge is -2.31. The van der Waals surface area contributed by atoms with Crippen LogP contribution in [0.1, 0.15) is 33.8 Å². The minimum absolute atomic E-state index is 0.0552. The van der Waals surface area contributed by atoms with Crippen LogP contribution in [0.5, 0.6) is 5.75 Å². The van der Waals surface area contributed by atoms with Crippen LogP contribution in [0.4, 0.5) is 14.5 Å². The first-order valence-corrected chi connectivity index (χ1v) is 12.1. The monoisotopic (exact) mass is 546 g/mol. The summed E-state index contributed by atoms with van der Waals surface area (Å²) in [5.74, 6) is -3.97. The molecule has 1 aliphatic heterocycles. The fourth-order valence-electron chi connectivity index (χ4n) is 4.37. The molecular formula is C26H25ClF2N4O5. The smallest absolute Gasteiger partial charge is 0.308 e. The predicted octanol–water partition coefficient (Wildman–Crippen LogP) is 4.30. The summed E-state index contributed by atoms with van der Waals surface area (Å²) in [6.45, 7) is 0.793. The molecule has 12 heteroatoms. The Morgan fingerprint density at radius 2 is 1.79 bits per heavy atom. The number of amides is 2. The van der Waals surface area contributed by atoms with Crippen LogP contribution in [0.2, 0.25) is 5.02 Å². The summed E-state index contributed by atoms with van der Waals surface area (Å²) >= 11 is 6.37. The largest absolute Gasteiger partial charge is 0.494 e.